The number of amides is 2. The number of nitrogens with zero attached hydrogens (tertiary/aromatic N) is 4. The van der Waals surface area contributed by atoms with E-state index in [-0.39, 0.29) is 17.7 Å². The third-order valence-corrected chi connectivity index (χ3v) is 3.93. The molecule has 3 heterocycles. The molecule has 0 radical (unpaired) electrons. The van der Waals surface area contributed by atoms with Gasteiger partial charge in [-0.05, 0) is 31.2 Å². The van der Waals surface area contributed by atoms with Crippen molar-refractivity contribution in [3.8, 4) is 11.4 Å². The second-order valence-electron chi connectivity index (χ2n) is 5.40. The van der Waals surface area contributed by atoms with Gasteiger partial charge in [-0.25, -0.2) is 0 Å². The SMILES string of the molecule is CC(c1nc(-c2cccnc2)no1)N1C(=O)c2ccccc2C1=O. The summed E-state index contributed by atoms with van der Waals surface area (Å²) in [7, 11) is 0. The van der Waals surface area contributed by atoms with Gasteiger partial charge in [0.2, 0.25) is 11.7 Å². The molecule has 7 heteroatoms. The summed E-state index contributed by atoms with van der Waals surface area (Å²) < 4.78 is 5.25. The van der Waals surface area contributed by atoms with E-state index >= 15 is 0 Å². The summed E-state index contributed by atoms with van der Waals surface area (Å²) in [5.41, 5.74) is 1.48. The molecule has 0 saturated heterocycles. The molecule has 1 aliphatic rings. The fourth-order valence-corrected chi connectivity index (χ4v) is 2.69. The minimum Gasteiger partial charge on any atom is -0.337 e. The molecule has 3 aromatic rings. The first kappa shape index (κ1) is 14.3. The van der Waals surface area contributed by atoms with Crippen LogP contribution in [0.4, 0.5) is 0 Å². The Bertz CT molecular complexity index is 901. The molecule has 0 spiro atoms. The predicted octanol–water partition coefficient (Wildman–Crippen LogP) is 2.49. The topological polar surface area (TPSA) is 89.2 Å². The lowest BCUT2D eigenvalue weighted by molar-refractivity contribution is 0.0568. The van der Waals surface area contributed by atoms with Crippen LogP contribution in [0.5, 0.6) is 0 Å². The van der Waals surface area contributed by atoms with Crippen molar-refractivity contribution in [3.05, 3.63) is 65.8 Å². The van der Waals surface area contributed by atoms with Crippen molar-refractivity contribution in [2.24, 2.45) is 0 Å². The second-order valence-corrected chi connectivity index (χ2v) is 5.40. The molecule has 0 aliphatic carbocycles. The molecule has 1 unspecified atom stereocenters. The quantitative estimate of drug-likeness (QED) is 0.689. The van der Waals surface area contributed by atoms with Crippen molar-refractivity contribution in [2.75, 3.05) is 0 Å². The summed E-state index contributed by atoms with van der Waals surface area (Å²) in [5.74, 6) is -0.154. The molecular weight excluding hydrogens is 308 g/mol. The minimum absolute atomic E-state index is 0.198. The molecule has 2 amide bonds. The number of imide groups is 1. The monoisotopic (exact) mass is 320 g/mol. The normalized spacial score (nSPS) is 14.8. The van der Waals surface area contributed by atoms with E-state index in [2.05, 4.69) is 15.1 Å². The van der Waals surface area contributed by atoms with Gasteiger partial charge in [-0.3, -0.25) is 19.5 Å². The Morgan fingerprint density at radius 3 is 2.38 bits per heavy atom. The molecule has 0 saturated carbocycles. The molecule has 24 heavy (non-hydrogen) atoms. The number of carbonyl (C=O) groups is 2. The van der Waals surface area contributed by atoms with Crippen LogP contribution in [0.2, 0.25) is 0 Å². The zero-order valence-corrected chi connectivity index (χ0v) is 12.7. The van der Waals surface area contributed by atoms with Gasteiger partial charge in [0.15, 0.2) is 0 Å². The van der Waals surface area contributed by atoms with E-state index < -0.39 is 6.04 Å². The highest BCUT2D eigenvalue weighted by atomic mass is 16.5. The van der Waals surface area contributed by atoms with E-state index in [0.29, 0.717) is 22.5 Å². The number of benzene rings is 1. The molecule has 1 atom stereocenters. The first-order valence-corrected chi connectivity index (χ1v) is 7.37. The maximum atomic E-state index is 12.5. The van der Waals surface area contributed by atoms with E-state index in [9.17, 15) is 9.59 Å². The number of hydrogen-bond donors (Lipinski definition) is 0. The Balaban J connectivity index is 1.66. The van der Waals surface area contributed by atoms with Gasteiger partial charge in [0.25, 0.3) is 11.8 Å². The highest BCUT2D eigenvalue weighted by Gasteiger charge is 2.40. The van der Waals surface area contributed by atoms with Crippen molar-refractivity contribution in [3.63, 3.8) is 0 Å². The molecule has 0 fully saturated rings. The molecule has 0 bridgehead atoms. The molecule has 0 N–H and O–H groups in total. The number of fused-ring (bicyclic) bond motifs is 1. The summed E-state index contributed by atoms with van der Waals surface area (Å²) in [6.07, 6.45) is 3.26. The van der Waals surface area contributed by atoms with Crippen molar-refractivity contribution in [1.29, 1.82) is 0 Å². The van der Waals surface area contributed by atoms with Crippen LogP contribution in [-0.2, 0) is 0 Å². The van der Waals surface area contributed by atoms with Crippen LogP contribution in [-0.4, -0.2) is 31.8 Å². The van der Waals surface area contributed by atoms with Crippen molar-refractivity contribution >= 4 is 11.8 Å². The first-order valence-electron chi connectivity index (χ1n) is 7.37. The molecule has 7 nitrogen and oxygen atoms in total. The number of hydrogen-bond acceptors (Lipinski definition) is 6. The molecule has 118 valence electrons. The predicted molar refractivity (Wildman–Crippen MR) is 82.9 cm³/mol. The van der Waals surface area contributed by atoms with E-state index in [0.717, 1.165) is 4.90 Å². The third kappa shape index (κ3) is 2.10. The zero-order chi connectivity index (χ0) is 16.7. The fraction of sp³-hybridized carbons (Fsp3) is 0.118. The third-order valence-electron chi connectivity index (χ3n) is 3.93. The average molecular weight is 320 g/mol. The average Bonchev–Trinajstić information content (AvgIpc) is 3.20. The smallest absolute Gasteiger partial charge is 0.262 e. The van der Waals surface area contributed by atoms with Gasteiger partial charge in [0.1, 0.15) is 6.04 Å². The van der Waals surface area contributed by atoms with Crippen molar-refractivity contribution in [2.45, 2.75) is 13.0 Å². The minimum atomic E-state index is -0.657. The molecule has 1 aliphatic heterocycles. The zero-order valence-electron chi connectivity index (χ0n) is 12.7. The first-order chi connectivity index (χ1) is 11.7. The van der Waals surface area contributed by atoms with Crippen LogP contribution >= 0.6 is 0 Å². The highest BCUT2D eigenvalue weighted by Crippen LogP contribution is 2.31. The molecule has 4 rings (SSSR count). The van der Waals surface area contributed by atoms with Crippen LogP contribution in [0.3, 0.4) is 0 Å². The molecule has 2 aromatic heterocycles. The Morgan fingerprint density at radius 2 is 1.75 bits per heavy atom. The lowest BCUT2D eigenvalue weighted by atomic mass is 10.1. The lowest BCUT2D eigenvalue weighted by Crippen LogP contribution is -2.32. The standard InChI is InChI=1S/C17H12N4O3/c1-10(15-19-14(20-24-15)11-5-4-8-18-9-11)21-16(22)12-6-2-3-7-13(12)17(21)23/h2-10H,1H3. The second kappa shape index (κ2) is 5.38. The molecule has 1 aromatic carbocycles. The van der Waals surface area contributed by atoms with Crippen molar-refractivity contribution in [1.82, 2.24) is 20.0 Å². The van der Waals surface area contributed by atoms with Gasteiger partial charge in [0.05, 0.1) is 11.1 Å². The Morgan fingerprint density at radius 1 is 1.04 bits per heavy atom. The highest BCUT2D eigenvalue weighted by molar-refractivity contribution is 6.21. The molecular formula is C17H12N4O3. The fourth-order valence-electron chi connectivity index (χ4n) is 2.69. The van der Waals surface area contributed by atoms with Gasteiger partial charge in [-0.15, -0.1) is 0 Å². The van der Waals surface area contributed by atoms with Gasteiger partial charge < -0.3 is 4.52 Å². The maximum Gasteiger partial charge on any atom is 0.262 e. The van der Waals surface area contributed by atoms with E-state index in [1.54, 1.807) is 55.7 Å². The van der Waals surface area contributed by atoms with Crippen LogP contribution < -0.4 is 0 Å². The van der Waals surface area contributed by atoms with Gasteiger partial charge in [0, 0.05) is 18.0 Å². The number of carbonyl (C=O) groups excluding carboxylic acids is 2. The maximum absolute atomic E-state index is 12.5. The summed E-state index contributed by atoms with van der Waals surface area (Å²) in [5, 5.41) is 3.90. The lowest BCUT2D eigenvalue weighted by Gasteiger charge is -2.18. The Labute approximate surface area is 136 Å². The Hall–Kier alpha value is -3.35. The number of aromatic nitrogens is 3. The summed E-state index contributed by atoms with van der Waals surface area (Å²) in [6, 6.07) is 9.63. The summed E-state index contributed by atoms with van der Waals surface area (Å²) in [6.45, 7) is 1.68. The van der Waals surface area contributed by atoms with Gasteiger partial charge in [-0.1, -0.05) is 17.3 Å². The van der Waals surface area contributed by atoms with Gasteiger partial charge in [-0.2, -0.15) is 4.98 Å². The summed E-state index contributed by atoms with van der Waals surface area (Å²) >= 11 is 0. The van der Waals surface area contributed by atoms with Crippen LogP contribution in [0.1, 0.15) is 39.6 Å². The number of rotatable bonds is 3. The van der Waals surface area contributed by atoms with Crippen LogP contribution in [0.25, 0.3) is 11.4 Å². The Kier molecular flexibility index (Phi) is 3.19. The summed E-state index contributed by atoms with van der Waals surface area (Å²) in [4.78, 5) is 34.4. The van der Waals surface area contributed by atoms with Crippen LogP contribution in [0.15, 0.2) is 53.3 Å². The number of pyridine rings is 1. The van der Waals surface area contributed by atoms with E-state index in [1.807, 2.05) is 0 Å². The van der Waals surface area contributed by atoms with Crippen molar-refractivity contribution < 1.29 is 14.1 Å². The van der Waals surface area contributed by atoms with Crippen LogP contribution in [0, 0.1) is 0 Å². The van der Waals surface area contributed by atoms with Gasteiger partial charge >= 0.3 is 0 Å². The largest absolute Gasteiger partial charge is 0.337 e. The van der Waals surface area contributed by atoms with E-state index in [1.165, 1.54) is 0 Å². The van der Waals surface area contributed by atoms with E-state index in [4.69, 9.17) is 4.52 Å².